The zero-order valence-electron chi connectivity index (χ0n) is 8.67. The molecule has 1 aromatic carbocycles. The minimum atomic E-state index is -0.0112. The van der Waals surface area contributed by atoms with Gasteiger partial charge < -0.3 is 5.73 Å². The summed E-state index contributed by atoms with van der Waals surface area (Å²) in [6.07, 6.45) is 2.61. The lowest BCUT2D eigenvalue weighted by Gasteiger charge is -2.09. The fraction of sp³-hybridized carbons (Fsp3) is 0.273. The van der Waals surface area contributed by atoms with E-state index in [2.05, 4.69) is 10.3 Å². The number of aryl methyl sites for hydroxylation is 1. The van der Waals surface area contributed by atoms with Gasteiger partial charge >= 0.3 is 0 Å². The van der Waals surface area contributed by atoms with Crippen molar-refractivity contribution in [3.05, 3.63) is 47.8 Å². The molecule has 1 aromatic heterocycles. The zero-order valence-corrected chi connectivity index (χ0v) is 8.67. The highest BCUT2D eigenvalue weighted by atomic mass is 15.4. The Balaban J connectivity index is 2.07. The molecular formula is C11H14N4. The Morgan fingerprint density at radius 3 is 2.67 bits per heavy atom. The fourth-order valence-corrected chi connectivity index (χ4v) is 1.53. The Morgan fingerprint density at radius 2 is 2.07 bits per heavy atom. The summed E-state index contributed by atoms with van der Waals surface area (Å²) >= 11 is 0. The topological polar surface area (TPSA) is 56.7 Å². The highest BCUT2D eigenvalue weighted by Gasteiger charge is 2.08. The van der Waals surface area contributed by atoms with Crippen molar-refractivity contribution in [2.24, 2.45) is 12.8 Å². The molecule has 0 saturated heterocycles. The molecule has 4 heteroatoms. The lowest BCUT2D eigenvalue weighted by molar-refractivity contribution is 0.694. The van der Waals surface area contributed by atoms with Crippen LogP contribution in [0.15, 0.2) is 36.5 Å². The standard InChI is InChI=1S/C11H14N4/c1-15-8-10(13-14-15)7-11(12)9-5-3-2-4-6-9/h2-6,8,11H,7,12H2,1H3. The van der Waals surface area contributed by atoms with Crippen molar-refractivity contribution in [2.75, 3.05) is 0 Å². The van der Waals surface area contributed by atoms with E-state index in [0.717, 1.165) is 17.7 Å². The molecule has 2 N–H and O–H groups in total. The molecule has 1 heterocycles. The van der Waals surface area contributed by atoms with Gasteiger partial charge in [0, 0.05) is 25.7 Å². The molecular weight excluding hydrogens is 188 g/mol. The lowest BCUT2D eigenvalue weighted by Crippen LogP contribution is -2.13. The first-order valence-corrected chi connectivity index (χ1v) is 4.91. The molecule has 2 rings (SSSR count). The maximum atomic E-state index is 6.06. The number of nitrogens with zero attached hydrogens (tertiary/aromatic N) is 3. The summed E-state index contributed by atoms with van der Waals surface area (Å²) in [4.78, 5) is 0. The molecule has 0 saturated carbocycles. The number of hydrogen-bond donors (Lipinski definition) is 1. The number of rotatable bonds is 3. The summed E-state index contributed by atoms with van der Waals surface area (Å²) in [5.41, 5.74) is 8.11. The van der Waals surface area contributed by atoms with Gasteiger partial charge in [-0.25, -0.2) is 0 Å². The third kappa shape index (κ3) is 2.41. The Morgan fingerprint density at radius 1 is 1.33 bits per heavy atom. The van der Waals surface area contributed by atoms with Gasteiger partial charge in [0.05, 0.1) is 5.69 Å². The highest BCUT2D eigenvalue weighted by molar-refractivity contribution is 5.19. The minimum Gasteiger partial charge on any atom is -0.324 e. The van der Waals surface area contributed by atoms with Crippen molar-refractivity contribution < 1.29 is 0 Å². The molecule has 1 unspecified atom stereocenters. The van der Waals surface area contributed by atoms with E-state index in [-0.39, 0.29) is 6.04 Å². The van der Waals surface area contributed by atoms with E-state index in [9.17, 15) is 0 Å². The SMILES string of the molecule is Cn1cc(CC(N)c2ccccc2)nn1. The average molecular weight is 202 g/mol. The van der Waals surface area contributed by atoms with Crippen LogP contribution in [0.25, 0.3) is 0 Å². The largest absolute Gasteiger partial charge is 0.324 e. The minimum absolute atomic E-state index is 0.0112. The molecule has 0 fully saturated rings. The summed E-state index contributed by atoms with van der Waals surface area (Å²) < 4.78 is 1.69. The molecule has 0 spiro atoms. The van der Waals surface area contributed by atoms with E-state index in [1.54, 1.807) is 4.68 Å². The Labute approximate surface area is 88.7 Å². The molecule has 15 heavy (non-hydrogen) atoms. The molecule has 0 radical (unpaired) electrons. The van der Waals surface area contributed by atoms with E-state index < -0.39 is 0 Å². The van der Waals surface area contributed by atoms with Crippen LogP contribution in [-0.4, -0.2) is 15.0 Å². The van der Waals surface area contributed by atoms with Crippen LogP contribution < -0.4 is 5.73 Å². The molecule has 78 valence electrons. The van der Waals surface area contributed by atoms with Crippen LogP contribution in [0.3, 0.4) is 0 Å². The molecule has 0 aliphatic rings. The van der Waals surface area contributed by atoms with Crippen LogP contribution in [0.4, 0.5) is 0 Å². The quantitative estimate of drug-likeness (QED) is 0.809. The number of benzene rings is 1. The van der Waals surface area contributed by atoms with E-state index in [4.69, 9.17) is 5.73 Å². The van der Waals surface area contributed by atoms with E-state index in [1.807, 2.05) is 43.6 Å². The van der Waals surface area contributed by atoms with Gasteiger partial charge in [-0.05, 0) is 5.56 Å². The van der Waals surface area contributed by atoms with Crippen LogP contribution in [0, 0.1) is 0 Å². The first kappa shape index (κ1) is 9.86. The summed E-state index contributed by atoms with van der Waals surface area (Å²) in [5, 5.41) is 7.89. The van der Waals surface area contributed by atoms with Gasteiger partial charge in [0.2, 0.25) is 0 Å². The van der Waals surface area contributed by atoms with E-state index >= 15 is 0 Å². The van der Waals surface area contributed by atoms with Crippen molar-refractivity contribution >= 4 is 0 Å². The van der Waals surface area contributed by atoms with Crippen molar-refractivity contribution in [3.63, 3.8) is 0 Å². The summed E-state index contributed by atoms with van der Waals surface area (Å²) in [7, 11) is 1.85. The highest BCUT2D eigenvalue weighted by Crippen LogP contribution is 2.13. The van der Waals surface area contributed by atoms with Crippen molar-refractivity contribution in [2.45, 2.75) is 12.5 Å². The Hall–Kier alpha value is -1.68. The predicted octanol–water partition coefficient (Wildman–Crippen LogP) is 1.06. The molecule has 4 nitrogen and oxygen atoms in total. The molecule has 0 bridgehead atoms. The fourth-order valence-electron chi connectivity index (χ4n) is 1.53. The molecule has 0 amide bonds. The summed E-state index contributed by atoms with van der Waals surface area (Å²) in [6.45, 7) is 0. The second-order valence-corrected chi connectivity index (χ2v) is 3.60. The van der Waals surface area contributed by atoms with Gasteiger partial charge in [0.1, 0.15) is 0 Å². The molecule has 1 atom stereocenters. The molecule has 0 aliphatic heterocycles. The molecule has 2 aromatic rings. The second kappa shape index (κ2) is 4.23. The zero-order chi connectivity index (χ0) is 10.7. The van der Waals surface area contributed by atoms with Crippen molar-refractivity contribution in [1.82, 2.24) is 15.0 Å². The van der Waals surface area contributed by atoms with E-state index in [1.165, 1.54) is 0 Å². The maximum absolute atomic E-state index is 6.06. The van der Waals surface area contributed by atoms with Crippen LogP contribution in [0.1, 0.15) is 17.3 Å². The number of nitrogens with two attached hydrogens (primary N) is 1. The third-order valence-corrected chi connectivity index (χ3v) is 2.31. The van der Waals surface area contributed by atoms with Gasteiger partial charge in [-0.2, -0.15) is 0 Å². The Bertz CT molecular complexity index is 421. The van der Waals surface area contributed by atoms with Crippen LogP contribution in [-0.2, 0) is 13.5 Å². The van der Waals surface area contributed by atoms with E-state index in [0.29, 0.717) is 0 Å². The van der Waals surface area contributed by atoms with Gasteiger partial charge in [-0.15, -0.1) is 5.10 Å². The summed E-state index contributed by atoms with van der Waals surface area (Å²) in [5.74, 6) is 0. The lowest BCUT2D eigenvalue weighted by atomic mass is 10.0. The van der Waals surface area contributed by atoms with Crippen LogP contribution in [0.2, 0.25) is 0 Å². The van der Waals surface area contributed by atoms with Crippen LogP contribution in [0.5, 0.6) is 0 Å². The van der Waals surface area contributed by atoms with Crippen molar-refractivity contribution in [3.8, 4) is 0 Å². The first-order valence-electron chi connectivity index (χ1n) is 4.91. The summed E-state index contributed by atoms with van der Waals surface area (Å²) in [6, 6.07) is 10.0. The second-order valence-electron chi connectivity index (χ2n) is 3.60. The normalized spacial score (nSPS) is 12.7. The van der Waals surface area contributed by atoms with Crippen molar-refractivity contribution in [1.29, 1.82) is 0 Å². The monoisotopic (exact) mass is 202 g/mol. The number of aromatic nitrogens is 3. The van der Waals surface area contributed by atoms with Gasteiger partial charge in [-0.3, -0.25) is 4.68 Å². The van der Waals surface area contributed by atoms with Gasteiger partial charge in [-0.1, -0.05) is 35.5 Å². The molecule has 0 aliphatic carbocycles. The van der Waals surface area contributed by atoms with Crippen LogP contribution >= 0.6 is 0 Å². The number of hydrogen-bond acceptors (Lipinski definition) is 3. The van der Waals surface area contributed by atoms with Gasteiger partial charge in [0.25, 0.3) is 0 Å². The average Bonchev–Trinajstić information content (AvgIpc) is 2.65. The maximum Gasteiger partial charge on any atom is 0.0845 e. The predicted molar refractivity (Wildman–Crippen MR) is 58.1 cm³/mol. The third-order valence-electron chi connectivity index (χ3n) is 2.31. The van der Waals surface area contributed by atoms with Gasteiger partial charge in [0.15, 0.2) is 0 Å². The smallest absolute Gasteiger partial charge is 0.0845 e. The first-order chi connectivity index (χ1) is 7.25. The Kier molecular flexibility index (Phi) is 2.78.